The zero-order valence-corrected chi connectivity index (χ0v) is 5.61. The van der Waals surface area contributed by atoms with E-state index in [0.29, 0.717) is 0 Å². The molecule has 6 N–H and O–H groups in total. The molecule has 6 nitrogen and oxygen atoms in total. The van der Waals surface area contributed by atoms with Crippen LogP contribution < -0.4 is 17.2 Å². The number of nitrogen functional groups attached to an aromatic ring is 3. The first-order valence-corrected chi connectivity index (χ1v) is 2.80. The Hall–Kier alpha value is -1.85. The molecule has 1 aromatic heterocycles. The summed E-state index contributed by atoms with van der Waals surface area (Å²) in [5.74, 6) is 0.0987. The van der Waals surface area contributed by atoms with E-state index in [1.807, 2.05) is 0 Å². The normalized spacial score (nSPS) is 9.45. The molecule has 1 rings (SSSR count). The second-order valence-electron chi connectivity index (χ2n) is 1.96. The van der Waals surface area contributed by atoms with E-state index in [4.69, 9.17) is 17.2 Å². The summed E-state index contributed by atoms with van der Waals surface area (Å²) in [6.07, 6.45) is 0. The van der Waals surface area contributed by atoms with E-state index in [0.717, 1.165) is 0 Å². The Kier molecular flexibility index (Phi) is 1.59. The third kappa shape index (κ3) is 1.18. The van der Waals surface area contributed by atoms with Gasteiger partial charge in [0.05, 0.1) is 5.69 Å². The first-order valence-electron chi connectivity index (χ1n) is 2.80. The lowest BCUT2D eigenvalue weighted by molar-refractivity contribution is 1.32. The molecule has 1 aromatic rings. The van der Waals surface area contributed by atoms with Gasteiger partial charge in [-0.3, -0.25) is 0 Å². The summed E-state index contributed by atoms with van der Waals surface area (Å²) in [6.45, 7) is 0. The van der Waals surface area contributed by atoms with Crippen LogP contribution in [-0.2, 0) is 0 Å². The third-order valence-corrected chi connectivity index (χ3v) is 1.19. The highest BCUT2D eigenvalue weighted by atomic mass is 16.3. The van der Waals surface area contributed by atoms with Crippen LogP contribution in [0.5, 0.6) is 0 Å². The summed E-state index contributed by atoms with van der Waals surface area (Å²) in [6, 6.07) is 1.28. The van der Waals surface area contributed by atoms with Gasteiger partial charge in [0.15, 0.2) is 11.5 Å². The number of pyridine rings is 1. The fraction of sp³-hybridized carbons (Fsp3) is 0. The van der Waals surface area contributed by atoms with Gasteiger partial charge in [-0.15, -0.1) is 4.91 Å². The summed E-state index contributed by atoms with van der Waals surface area (Å²) >= 11 is 0. The van der Waals surface area contributed by atoms with Crippen molar-refractivity contribution in [2.24, 2.45) is 5.18 Å². The monoisotopic (exact) mass is 153 g/mol. The van der Waals surface area contributed by atoms with Gasteiger partial charge in [0.1, 0.15) is 5.82 Å². The van der Waals surface area contributed by atoms with E-state index < -0.39 is 0 Å². The summed E-state index contributed by atoms with van der Waals surface area (Å²) in [4.78, 5) is 13.6. The molecule has 0 saturated heterocycles. The summed E-state index contributed by atoms with van der Waals surface area (Å²) in [7, 11) is 0. The van der Waals surface area contributed by atoms with Crippen LogP contribution in [0, 0.1) is 4.91 Å². The number of aromatic nitrogens is 1. The summed E-state index contributed by atoms with van der Waals surface area (Å²) < 4.78 is 0. The van der Waals surface area contributed by atoms with Gasteiger partial charge in [-0.1, -0.05) is 0 Å². The number of nitrogens with zero attached hydrogens (tertiary/aromatic N) is 2. The van der Waals surface area contributed by atoms with Crippen LogP contribution in [0.25, 0.3) is 0 Å². The average molecular weight is 153 g/mol. The molecule has 6 heteroatoms. The van der Waals surface area contributed by atoms with E-state index in [-0.39, 0.29) is 23.0 Å². The second kappa shape index (κ2) is 2.41. The minimum atomic E-state index is -0.00769. The Bertz CT molecular complexity index is 297. The minimum Gasteiger partial charge on any atom is -0.396 e. The van der Waals surface area contributed by atoms with Gasteiger partial charge < -0.3 is 17.2 Å². The quantitative estimate of drug-likeness (QED) is 0.498. The highest BCUT2D eigenvalue weighted by molar-refractivity contribution is 5.71. The summed E-state index contributed by atoms with van der Waals surface area (Å²) in [5, 5.41) is 2.60. The van der Waals surface area contributed by atoms with Crippen molar-refractivity contribution < 1.29 is 0 Å². The van der Waals surface area contributed by atoms with Crippen molar-refractivity contribution >= 4 is 23.0 Å². The predicted molar refractivity (Wildman–Crippen MR) is 42.9 cm³/mol. The lowest BCUT2D eigenvalue weighted by atomic mass is 10.3. The van der Waals surface area contributed by atoms with Crippen molar-refractivity contribution in [2.45, 2.75) is 0 Å². The van der Waals surface area contributed by atoms with E-state index in [1.54, 1.807) is 0 Å². The number of rotatable bonds is 1. The Morgan fingerprint density at radius 2 is 1.91 bits per heavy atom. The lowest BCUT2D eigenvalue weighted by Crippen LogP contribution is -2.00. The van der Waals surface area contributed by atoms with Gasteiger partial charge in [0, 0.05) is 0 Å². The van der Waals surface area contributed by atoms with E-state index >= 15 is 0 Å². The highest BCUT2D eigenvalue weighted by Crippen LogP contribution is 2.25. The number of hydrogen-bond acceptors (Lipinski definition) is 6. The lowest BCUT2D eigenvalue weighted by Gasteiger charge is -2.00. The maximum absolute atomic E-state index is 10.0. The molecule has 58 valence electrons. The maximum atomic E-state index is 10.0. The molecule has 0 atom stereocenters. The Balaban J connectivity index is 3.31. The van der Waals surface area contributed by atoms with Gasteiger partial charge >= 0.3 is 0 Å². The molecule has 0 aliphatic carbocycles. The number of hydrogen-bond donors (Lipinski definition) is 3. The van der Waals surface area contributed by atoms with Crippen molar-refractivity contribution in [3.63, 3.8) is 0 Å². The van der Waals surface area contributed by atoms with Crippen LogP contribution in [0.1, 0.15) is 0 Å². The van der Waals surface area contributed by atoms with Gasteiger partial charge in [-0.25, -0.2) is 4.98 Å². The fourth-order valence-corrected chi connectivity index (χ4v) is 0.620. The van der Waals surface area contributed by atoms with Crippen molar-refractivity contribution in [2.75, 3.05) is 17.2 Å². The van der Waals surface area contributed by atoms with Crippen LogP contribution in [0.15, 0.2) is 11.2 Å². The highest BCUT2D eigenvalue weighted by Gasteiger charge is 2.04. The maximum Gasteiger partial charge on any atom is 0.155 e. The molecule has 0 unspecified atom stereocenters. The van der Waals surface area contributed by atoms with Crippen LogP contribution >= 0.6 is 0 Å². The number of nitrogens with two attached hydrogens (primary N) is 3. The Labute approximate surface area is 62.4 Å². The first-order chi connectivity index (χ1) is 5.15. The minimum absolute atomic E-state index is 0.00769. The topological polar surface area (TPSA) is 120 Å². The molecule has 0 aliphatic heterocycles. The van der Waals surface area contributed by atoms with Crippen molar-refractivity contribution in [3.8, 4) is 0 Å². The molecule has 0 aromatic carbocycles. The van der Waals surface area contributed by atoms with E-state index in [1.165, 1.54) is 6.07 Å². The predicted octanol–water partition coefficient (Wildman–Crippen LogP) is 0.226. The molecular weight excluding hydrogens is 146 g/mol. The second-order valence-corrected chi connectivity index (χ2v) is 1.96. The molecule has 0 bridgehead atoms. The SMILES string of the molecule is Nc1cc(N=O)c(N)nc1N. The zero-order valence-electron chi connectivity index (χ0n) is 5.61. The molecule has 11 heavy (non-hydrogen) atoms. The number of anilines is 3. The molecular formula is C5H7N5O. The molecule has 0 radical (unpaired) electrons. The van der Waals surface area contributed by atoms with E-state index in [2.05, 4.69) is 10.2 Å². The Morgan fingerprint density at radius 1 is 1.27 bits per heavy atom. The first kappa shape index (κ1) is 7.26. The largest absolute Gasteiger partial charge is 0.396 e. The van der Waals surface area contributed by atoms with Crippen molar-refractivity contribution in [3.05, 3.63) is 11.0 Å². The van der Waals surface area contributed by atoms with Crippen molar-refractivity contribution in [1.82, 2.24) is 4.98 Å². The van der Waals surface area contributed by atoms with Gasteiger partial charge in [0.2, 0.25) is 0 Å². The van der Waals surface area contributed by atoms with Crippen LogP contribution in [0.2, 0.25) is 0 Å². The molecule has 0 aliphatic rings. The van der Waals surface area contributed by atoms with Crippen LogP contribution in [0.4, 0.5) is 23.0 Å². The average Bonchev–Trinajstić information content (AvgIpc) is 1.97. The standard InChI is InChI=1S/C5H7N5O/c6-2-1-3(10-11)5(8)9-4(2)7/h1H,6H2,(H4,7,8,9). The smallest absolute Gasteiger partial charge is 0.155 e. The van der Waals surface area contributed by atoms with Crippen LogP contribution in [0.3, 0.4) is 0 Å². The van der Waals surface area contributed by atoms with Crippen molar-refractivity contribution in [1.29, 1.82) is 0 Å². The summed E-state index contributed by atoms with van der Waals surface area (Å²) in [5.41, 5.74) is 16.1. The third-order valence-electron chi connectivity index (χ3n) is 1.19. The molecule has 1 heterocycles. The van der Waals surface area contributed by atoms with Gasteiger partial charge in [-0.2, -0.15) is 0 Å². The molecule has 0 spiro atoms. The number of nitroso groups, excluding NO2 is 1. The Morgan fingerprint density at radius 3 is 2.45 bits per heavy atom. The van der Waals surface area contributed by atoms with Gasteiger partial charge in [-0.05, 0) is 11.2 Å². The molecule has 0 fully saturated rings. The molecule has 0 saturated carbocycles. The fourth-order valence-electron chi connectivity index (χ4n) is 0.620. The van der Waals surface area contributed by atoms with Crippen LogP contribution in [-0.4, -0.2) is 4.98 Å². The molecule has 0 amide bonds. The van der Waals surface area contributed by atoms with Gasteiger partial charge in [0.25, 0.3) is 0 Å². The van der Waals surface area contributed by atoms with E-state index in [9.17, 15) is 4.91 Å². The zero-order chi connectivity index (χ0) is 8.43.